The van der Waals surface area contributed by atoms with Crippen LogP contribution in [0.25, 0.3) is 0 Å². The molecule has 1 fully saturated rings. The van der Waals surface area contributed by atoms with Gasteiger partial charge in [-0.15, -0.1) is 0 Å². The van der Waals surface area contributed by atoms with E-state index in [1.807, 2.05) is 0 Å². The van der Waals surface area contributed by atoms with Gasteiger partial charge in [-0.3, -0.25) is 0 Å². The summed E-state index contributed by atoms with van der Waals surface area (Å²) in [7, 11) is 0. The van der Waals surface area contributed by atoms with Crippen LogP contribution in [-0.2, 0) is 6.42 Å². The molecule has 0 bridgehead atoms. The lowest BCUT2D eigenvalue weighted by molar-refractivity contribution is 0.254. The van der Waals surface area contributed by atoms with Crippen molar-refractivity contribution in [1.29, 1.82) is 0 Å². The number of unbranched alkanes of at least 4 members (excludes halogenated alkanes) is 1. The van der Waals surface area contributed by atoms with E-state index in [4.69, 9.17) is 0 Å². The molecule has 0 aliphatic heterocycles. The zero-order valence-corrected chi connectivity index (χ0v) is 14.7. The van der Waals surface area contributed by atoms with E-state index in [1.54, 1.807) is 0 Å². The molecule has 3 heteroatoms. The first kappa shape index (κ1) is 19.1. The minimum absolute atomic E-state index is 0.564. The van der Waals surface area contributed by atoms with E-state index >= 15 is 0 Å². The highest BCUT2D eigenvalue weighted by Crippen LogP contribution is 2.34. The summed E-state index contributed by atoms with van der Waals surface area (Å²) in [4.78, 5) is 0. The number of benzene rings is 1. The summed E-state index contributed by atoms with van der Waals surface area (Å²) in [5.74, 6) is -2.07. The summed E-state index contributed by atoms with van der Waals surface area (Å²) in [5.41, 5.74) is 0.564. The van der Waals surface area contributed by atoms with Gasteiger partial charge in [0.25, 0.3) is 0 Å². The first-order valence-corrected chi connectivity index (χ1v) is 9.38. The molecular weight excluding hydrogens is 309 g/mol. The monoisotopic (exact) mass is 338 g/mol. The second-order valence-corrected chi connectivity index (χ2v) is 7.14. The molecule has 134 valence electrons. The molecule has 0 heterocycles. The predicted molar refractivity (Wildman–Crippen MR) is 93.4 cm³/mol. The van der Waals surface area contributed by atoms with Gasteiger partial charge in [0.05, 0.1) is 0 Å². The Balaban J connectivity index is 1.68. The quantitative estimate of drug-likeness (QED) is 0.354. The van der Waals surface area contributed by atoms with Crippen molar-refractivity contribution >= 4 is 0 Å². The zero-order chi connectivity index (χ0) is 17.4. The van der Waals surface area contributed by atoms with Crippen LogP contribution in [0.1, 0.15) is 70.3 Å². The molecule has 0 saturated heterocycles. The summed E-state index contributed by atoms with van der Waals surface area (Å²) < 4.78 is 39.4. The Morgan fingerprint density at radius 3 is 2.00 bits per heavy atom. The van der Waals surface area contributed by atoms with Gasteiger partial charge in [-0.2, -0.15) is 0 Å². The van der Waals surface area contributed by atoms with Gasteiger partial charge < -0.3 is 0 Å². The number of hydrogen-bond acceptors (Lipinski definition) is 0. The second-order valence-electron chi connectivity index (χ2n) is 7.14. The molecule has 0 nitrogen and oxygen atoms in total. The van der Waals surface area contributed by atoms with Gasteiger partial charge in [0.1, 0.15) is 0 Å². The second kappa shape index (κ2) is 9.90. The molecule has 2 rings (SSSR count). The Kier molecular flexibility index (Phi) is 7.87. The fourth-order valence-corrected chi connectivity index (χ4v) is 3.67. The van der Waals surface area contributed by atoms with E-state index < -0.39 is 17.5 Å². The molecule has 0 radical (unpaired) electrons. The number of aryl methyl sites for hydroxylation is 1. The summed E-state index contributed by atoms with van der Waals surface area (Å²) in [6.45, 7) is 2.19. The van der Waals surface area contributed by atoms with Gasteiger partial charge in [0.15, 0.2) is 17.5 Å². The highest BCUT2D eigenvalue weighted by atomic mass is 19.2. The summed E-state index contributed by atoms with van der Waals surface area (Å²) >= 11 is 0. The van der Waals surface area contributed by atoms with E-state index in [0.29, 0.717) is 17.9 Å². The molecule has 1 saturated carbocycles. The van der Waals surface area contributed by atoms with Gasteiger partial charge in [0, 0.05) is 0 Å². The maximum atomic E-state index is 13.2. The number of hydrogen-bond donors (Lipinski definition) is 0. The van der Waals surface area contributed by atoms with Crippen molar-refractivity contribution in [3.05, 3.63) is 47.3 Å². The fourth-order valence-electron chi connectivity index (χ4n) is 3.67. The van der Waals surface area contributed by atoms with Crippen LogP contribution in [0.5, 0.6) is 0 Å². The van der Waals surface area contributed by atoms with E-state index in [1.165, 1.54) is 51.4 Å². The standard InChI is InChI=1S/C21H29F3/c1-2-3-4-5-6-7-16-8-10-17(11-9-16)12-13-18-14-19(22)21(24)20(23)15-18/h4-5,14-17H,2-3,6-13H2,1H3/b5-4+/t16-,17-. The zero-order valence-electron chi connectivity index (χ0n) is 14.7. The molecule has 24 heavy (non-hydrogen) atoms. The number of allylic oxidation sites excluding steroid dienone is 2. The molecule has 0 unspecified atom stereocenters. The first-order valence-electron chi connectivity index (χ1n) is 9.38. The van der Waals surface area contributed by atoms with Crippen molar-refractivity contribution in [2.75, 3.05) is 0 Å². The third-order valence-corrected chi connectivity index (χ3v) is 5.21. The average Bonchev–Trinajstić information content (AvgIpc) is 2.58. The SMILES string of the molecule is CCC/C=C/CC[C@H]1CC[C@H](CCc2cc(F)c(F)c(F)c2)CC1. The Morgan fingerprint density at radius 2 is 1.42 bits per heavy atom. The molecule has 0 amide bonds. The molecule has 1 aliphatic rings. The lowest BCUT2D eigenvalue weighted by atomic mass is 9.78. The van der Waals surface area contributed by atoms with Crippen LogP contribution in [-0.4, -0.2) is 0 Å². The molecule has 0 spiro atoms. The molecule has 0 aromatic heterocycles. The lowest BCUT2D eigenvalue weighted by Crippen LogP contribution is -2.15. The van der Waals surface area contributed by atoms with Crippen LogP contribution in [0.4, 0.5) is 13.2 Å². The normalized spacial score (nSPS) is 21.5. The van der Waals surface area contributed by atoms with Gasteiger partial charge in [0.2, 0.25) is 0 Å². The minimum atomic E-state index is -1.37. The Hall–Kier alpha value is -1.25. The van der Waals surface area contributed by atoms with Gasteiger partial charge in [-0.25, -0.2) is 13.2 Å². The topological polar surface area (TPSA) is 0 Å². The molecule has 1 aliphatic carbocycles. The lowest BCUT2D eigenvalue weighted by Gasteiger charge is -2.28. The van der Waals surface area contributed by atoms with Crippen molar-refractivity contribution in [3.8, 4) is 0 Å². The van der Waals surface area contributed by atoms with Crippen LogP contribution in [0.15, 0.2) is 24.3 Å². The van der Waals surface area contributed by atoms with Gasteiger partial charge in [-0.1, -0.05) is 51.2 Å². The Bertz CT molecular complexity index is 505. The molecule has 1 aromatic rings. The van der Waals surface area contributed by atoms with Crippen molar-refractivity contribution in [2.24, 2.45) is 11.8 Å². The number of rotatable bonds is 8. The summed E-state index contributed by atoms with van der Waals surface area (Å²) in [5, 5.41) is 0. The fraction of sp³-hybridized carbons (Fsp3) is 0.619. The van der Waals surface area contributed by atoms with E-state index in [2.05, 4.69) is 19.1 Å². The highest BCUT2D eigenvalue weighted by Gasteiger charge is 2.21. The van der Waals surface area contributed by atoms with Crippen LogP contribution in [0, 0.1) is 29.3 Å². The van der Waals surface area contributed by atoms with E-state index in [0.717, 1.165) is 24.5 Å². The van der Waals surface area contributed by atoms with Crippen LogP contribution < -0.4 is 0 Å². The Morgan fingerprint density at radius 1 is 0.875 bits per heavy atom. The van der Waals surface area contributed by atoms with E-state index in [9.17, 15) is 13.2 Å². The largest absolute Gasteiger partial charge is 0.204 e. The molecule has 0 atom stereocenters. The van der Waals surface area contributed by atoms with Crippen molar-refractivity contribution in [3.63, 3.8) is 0 Å². The van der Waals surface area contributed by atoms with Gasteiger partial charge in [-0.05, 0) is 61.6 Å². The smallest absolute Gasteiger partial charge is 0.194 e. The average molecular weight is 338 g/mol. The van der Waals surface area contributed by atoms with Crippen molar-refractivity contribution in [1.82, 2.24) is 0 Å². The van der Waals surface area contributed by atoms with Crippen molar-refractivity contribution < 1.29 is 13.2 Å². The molecule has 0 N–H and O–H groups in total. The minimum Gasteiger partial charge on any atom is -0.204 e. The predicted octanol–water partition coefficient (Wildman–Crippen LogP) is 6.98. The summed E-state index contributed by atoms with van der Waals surface area (Å²) in [6.07, 6.45) is 15.9. The van der Waals surface area contributed by atoms with Crippen LogP contribution in [0.3, 0.4) is 0 Å². The molecular formula is C21H29F3. The number of halogens is 3. The third-order valence-electron chi connectivity index (χ3n) is 5.21. The van der Waals surface area contributed by atoms with Crippen molar-refractivity contribution in [2.45, 2.75) is 71.1 Å². The Labute approximate surface area is 144 Å². The highest BCUT2D eigenvalue weighted by molar-refractivity contribution is 5.19. The van der Waals surface area contributed by atoms with Crippen LogP contribution in [0.2, 0.25) is 0 Å². The summed E-state index contributed by atoms with van der Waals surface area (Å²) in [6, 6.07) is 2.26. The molecule has 1 aromatic carbocycles. The maximum absolute atomic E-state index is 13.2. The van der Waals surface area contributed by atoms with Gasteiger partial charge >= 0.3 is 0 Å². The third kappa shape index (κ3) is 5.99. The van der Waals surface area contributed by atoms with E-state index in [-0.39, 0.29) is 0 Å². The maximum Gasteiger partial charge on any atom is 0.194 e. The first-order chi connectivity index (χ1) is 11.6. The van der Waals surface area contributed by atoms with Crippen LogP contribution >= 0.6 is 0 Å².